The largest absolute Gasteiger partial charge is 4.00 e. The minimum absolute atomic E-state index is 0. The first-order valence-electron chi connectivity index (χ1n) is 5.38. The second-order valence-electron chi connectivity index (χ2n) is 3.00. The van der Waals surface area contributed by atoms with E-state index >= 15 is 0 Å². The van der Waals surface area contributed by atoms with E-state index in [2.05, 4.69) is 41.1 Å². The molecule has 0 fully saturated rings. The van der Waals surface area contributed by atoms with Crippen molar-refractivity contribution < 1.29 is 26.2 Å². The molecule has 0 spiro atoms. The molecule has 0 atom stereocenters. The second-order valence-corrected chi connectivity index (χ2v) is 3.00. The van der Waals surface area contributed by atoms with Crippen LogP contribution >= 0.6 is 0 Å². The monoisotopic (exact) mass is 315 g/mol. The predicted octanol–water partition coefficient (Wildman–Crippen LogP) is 3.94. The van der Waals surface area contributed by atoms with E-state index in [0.29, 0.717) is 0 Å². The molecule has 0 aromatic rings. The Labute approximate surface area is 128 Å². The molecule has 0 heterocycles. The van der Waals surface area contributed by atoms with Crippen molar-refractivity contribution in [2.45, 2.75) is 19.8 Å². The Kier molecular flexibility index (Phi) is 45.6. The molecule has 0 aromatic carbocycles. The number of allylic oxidation sites excluding steroid dienone is 4. The Hall–Kier alpha value is 0.243. The minimum atomic E-state index is 0. The van der Waals surface area contributed by atoms with Gasteiger partial charge in [0.15, 0.2) is 0 Å². The molecule has 0 N–H and O–H groups in total. The van der Waals surface area contributed by atoms with E-state index in [-0.39, 0.29) is 26.2 Å². The van der Waals surface area contributed by atoms with Gasteiger partial charge >= 0.3 is 26.2 Å². The van der Waals surface area contributed by atoms with Crippen LogP contribution in [0.5, 0.6) is 0 Å². The van der Waals surface area contributed by atoms with Gasteiger partial charge in [-0.2, -0.15) is 48.4 Å². The van der Waals surface area contributed by atoms with Gasteiger partial charge in [0.2, 0.25) is 0 Å². The first kappa shape index (κ1) is 25.9. The van der Waals surface area contributed by atoms with E-state index in [1.807, 2.05) is 0 Å². The average Bonchev–Trinajstić information content (AvgIpc) is 2.73. The van der Waals surface area contributed by atoms with Crippen LogP contribution in [0, 0.1) is 6.08 Å². The Morgan fingerprint density at radius 2 is 1.35 bits per heavy atom. The van der Waals surface area contributed by atoms with Crippen molar-refractivity contribution in [2.75, 3.05) is 42.3 Å². The first-order chi connectivity index (χ1) is 7.67. The zero-order valence-electron chi connectivity index (χ0n) is 12.4. The zero-order valence-corrected chi connectivity index (χ0v) is 14.9. The maximum absolute atomic E-state index is 3.50. The molecule has 1 aliphatic rings. The smallest absolute Gasteiger partial charge is 0.668 e. The third-order valence-corrected chi connectivity index (χ3v) is 1.15. The van der Waals surface area contributed by atoms with Crippen molar-refractivity contribution in [3.63, 3.8) is 0 Å². The molecule has 0 bridgehead atoms. The quantitative estimate of drug-likeness (QED) is 0.658. The van der Waals surface area contributed by atoms with Crippen LogP contribution in [0.15, 0.2) is 17.7 Å². The van der Waals surface area contributed by atoms with Gasteiger partial charge in [-0.15, -0.1) is 6.42 Å². The number of rotatable bonds is 1. The maximum Gasteiger partial charge on any atom is 4.00 e. The summed E-state index contributed by atoms with van der Waals surface area (Å²) in [6, 6.07) is 0. The van der Waals surface area contributed by atoms with Crippen LogP contribution in [0.3, 0.4) is 0 Å². The second kappa shape index (κ2) is 29.9. The van der Waals surface area contributed by atoms with Crippen LogP contribution in [0.25, 0.3) is 16.0 Å². The molecule has 17 heavy (non-hydrogen) atoms. The summed E-state index contributed by atoms with van der Waals surface area (Å²) in [5.74, 6) is 0. The first-order valence-corrected chi connectivity index (χ1v) is 5.38. The summed E-state index contributed by atoms with van der Waals surface area (Å²) in [4.78, 5) is 0. The fourth-order valence-corrected chi connectivity index (χ4v) is 0.693. The fourth-order valence-electron chi connectivity index (χ4n) is 0.693. The molecular weight excluding hydrogens is 289 g/mol. The Balaban J connectivity index is -0.0000000734. The van der Waals surface area contributed by atoms with Gasteiger partial charge in [0.05, 0.1) is 0 Å². The van der Waals surface area contributed by atoms with E-state index in [1.165, 1.54) is 5.57 Å². The molecule has 4 heteroatoms. The summed E-state index contributed by atoms with van der Waals surface area (Å²) in [6.07, 6.45) is 9.65. The molecule has 3 nitrogen and oxygen atoms in total. The third kappa shape index (κ3) is 38.6. The van der Waals surface area contributed by atoms with E-state index in [9.17, 15) is 0 Å². The van der Waals surface area contributed by atoms with Crippen molar-refractivity contribution >= 4 is 0 Å². The van der Waals surface area contributed by atoms with Crippen LogP contribution in [-0.2, 0) is 26.2 Å². The summed E-state index contributed by atoms with van der Waals surface area (Å²) in [6.45, 7) is 2.15. The van der Waals surface area contributed by atoms with E-state index in [0.717, 1.165) is 12.8 Å². The molecule has 0 amide bonds. The molecular formula is C13H27N3Zr. The van der Waals surface area contributed by atoms with E-state index in [4.69, 9.17) is 0 Å². The van der Waals surface area contributed by atoms with Gasteiger partial charge < -0.3 is 16.0 Å². The topological polar surface area (TPSA) is 42.3 Å². The van der Waals surface area contributed by atoms with Crippen LogP contribution in [-0.4, -0.2) is 42.3 Å². The summed E-state index contributed by atoms with van der Waals surface area (Å²) in [7, 11) is 10.5. The summed E-state index contributed by atoms with van der Waals surface area (Å²) >= 11 is 0. The molecule has 1 rings (SSSR count). The zero-order chi connectivity index (χ0) is 13.2. The number of nitrogens with zero attached hydrogens (tertiary/aromatic N) is 3. The van der Waals surface area contributed by atoms with Gasteiger partial charge in [0.1, 0.15) is 0 Å². The molecule has 0 radical (unpaired) electrons. The summed E-state index contributed by atoms with van der Waals surface area (Å²) < 4.78 is 0. The Morgan fingerprint density at radius 1 is 1.00 bits per heavy atom. The normalized spacial score (nSPS) is 10.4. The molecule has 0 saturated heterocycles. The summed E-state index contributed by atoms with van der Waals surface area (Å²) in [5.41, 5.74) is 1.36. The molecule has 0 saturated carbocycles. The van der Waals surface area contributed by atoms with Crippen molar-refractivity contribution in [1.82, 2.24) is 0 Å². The molecule has 98 valence electrons. The van der Waals surface area contributed by atoms with Crippen molar-refractivity contribution in [3.8, 4) is 0 Å². The van der Waals surface area contributed by atoms with Gasteiger partial charge in [-0.05, 0) is 0 Å². The van der Waals surface area contributed by atoms with Crippen LogP contribution < -0.4 is 0 Å². The maximum atomic E-state index is 3.50. The molecule has 0 aliphatic heterocycles. The van der Waals surface area contributed by atoms with E-state index in [1.54, 1.807) is 42.3 Å². The molecule has 1 aliphatic carbocycles. The predicted molar refractivity (Wildman–Crippen MR) is 76.4 cm³/mol. The van der Waals surface area contributed by atoms with Gasteiger partial charge in [-0.1, -0.05) is 13.3 Å². The SMILES string of the molecule is CCC1=[C-]CC=C1.C[N-]C.C[N-]C.C[N-]C.[Zr+4]. The van der Waals surface area contributed by atoms with Crippen molar-refractivity contribution in [1.29, 1.82) is 0 Å². The molecule has 0 unspecified atom stereocenters. The van der Waals surface area contributed by atoms with Crippen LogP contribution in [0.4, 0.5) is 0 Å². The van der Waals surface area contributed by atoms with Crippen molar-refractivity contribution in [2.24, 2.45) is 0 Å². The Bertz CT molecular complexity index is 152. The van der Waals surface area contributed by atoms with Crippen molar-refractivity contribution in [3.05, 3.63) is 39.8 Å². The van der Waals surface area contributed by atoms with Gasteiger partial charge in [0, 0.05) is 0 Å². The Morgan fingerprint density at radius 3 is 1.47 bits per heavy atom. The number of hydrogen-bond donors (Lipinski definition) is 0. The fraction of sp³-hybridized carbons (Fsp3) is 0.692. The van der Waals surface area contributed by atoms with Gasteiger partial charge in [-0.25, -0.2) is 11.6 Å². The standard InChI is InChI=1S/C7H9.3C2H6N.Zr/c1-2-7-5-3-4-6-7;3*1-3-2;/h3,5H,2,4H2,1H3;3*1-2H3;/q4*-1;+4. The van der Waals surface area contributed by atoms with E-state index < -0.39 is 0 Å². The number of hydrogen-bond acceptors (Lipinski definition) is 0. The summed E-state index contributed by atoms with van der Waals surface area (Å²) in [5, 5.41) is 10.5. The third-order valence-electron chi connectivity index (χ3n) is 1.15. The minimum Gasteiger partial charge on any atom is -0.668 e. The van der Waals surface area contributed by atoms with Crippen LogP contribution in [0.1, 0.15) is 19.8 Å². The average molecular weight is 317 g/mol. The van der Waals surface area contributed by atoms with Gasteiger partial charge in [-0.3, -0.25) is 6.08 Å². The van der Waals surface area contributed by atoms with Crippen LogP contribution in [0.2, 0.25) is 0 Å². The molecule has 0 aromatic heterocycles. The van der Waals surface area contributed by atoms with Gasteiger partial charge in [0.25, 0.3) is 0 Å².